The van der Waals surface area contributed by atoms with Gasteiger partial charge in [0.2, 0.25) is 0 Å². The van der Waals surface area contributed by atoms with Crippen LogP contribution in [-0.2, 0) is 0 Å². The number of hydrogen-bond donors (Lipinski definition) is 1. The lowest BCUT2D eigenvalue weighted by Crippen LogP contribution is -2.41. The summed E-state index contributed by atoms with van der Waals surface area (Å²) < 4.78 is 0. The fourth-order valence-electron chi connectivity index (χ4n) is 2.57. The number of carbonyl (C=O) groups is 1. The zero-order valence-electron chi connectivity index (χ0n) is 11.6. The van der Waals surface area contributed by atoms with E-state index in [0.29, 0.717) is 11.1 Å². The van der Waals surface area contributed by atoms with Crippen LogP contribution >= 0.6 is 11.6 Å². The molecule has 0 aliphatic heterocycles. The molecule has 1 aromatic carbocycles. The van der Waals surface area contributed by atoms with E-state index in [1.165, 1.54) is 19.3 Å². The van der Waals surface area contributed by atoms with Crippen molar-refractivity contribution in [3.63, 3.8) is 0 Å². The molecular weight excluding hydrogens is 260 g/mol. The topological polar surface area (TPSA) is 32.3 Å². The number of hydrogen-bond acceptors (Lipinski definition) is 1. The van der Waals surface area contributed by atoms with Crippen molar-refractivity contribution in [2.75, 3.05) is 12.4 Å². The third-order valence-electron chi connectivity index (χ3n) is 3.88. The Morgan fingerprint density at radius 2 is 2.00 bits per heavy atom. The van der Waals surface area contributed by atoms with Gasteiger partial charge in [0, 0.05) is 23.8 Å². The molecule has 0 heterocycles. The van der Waals surface area contributed by atoms with Gasteiger partial charge in [-0.05, 0) is 37.5 Å². The molecule has 0 saturated heterocycles. The largest absolute Gasteiger partial charge is 0.325 e. The Morgan fingerprint density at radius 1 is 1.32 bits per heavy atom. The van der Waals surface area contributed by atoms with Gasteiger partial charge in [-0.3, -0.25) is 0 Å². The summed E-state index contributed by atoms with van der Waals surface area (Å²) in [5.41, 5.74) is 1.81. The van der Waals surface area contributed by atoms with Crippen molar-refractivity contribution in [1.82, 2.24) is 4.90 Å². The highest BCUT2D eigenvalue weighted by Crippen LogP contribution is 2.24. The van der Waals surface area contributed by atoms with Crippen LogP contribution in [0.4, 0.5) is 10.5 Å². The maximum atomic E-state index is 12.2. The number of carbonyl (C=O) groups excluding carboxylic acids is 1. The van der Waals surface area contributed by atoms with E-state index in [9.17, 15) is 4.79 Å². The molecule has 2 amide bonds. The Morgan fingerprint density at radius 3 is 2.68 bits per heavy atom. The lowest BCUT2D eigenvalue weighted by Gasteiger charge is -2.31. The van der Waals surface area contributed by atoms with Crippen molar-refractivity contribution in [2.24, 2.45) is 0 Å². The normalized spacial score (nSPS) is 16.2. The van der Waals surface area contributed by atoms with Crippen molar-refractivity contribution in [3.8, 4) is 0 Å². The van der Waals surface area contributed by atoms with Gasteiger partial charge in [-0.25, -0.2) is 4.79 Å². The molecule has 0 bridgehead atoms. The van der Waals surface area contributed by atoms with Crippen LogP contribution in [0.1, 0.15) is 37.7 Å². The molecule has 1 aromatic rings. The summed E-state index contributed by atoms with van der Waals surface area (Å²) in [5.74, 6) is 0. The average molecular weight is 281 g/mol. The van der Waals surface area contributed by atoms with Crippen LogP contribution in [0.2, 0.25) is 5.02 Å². The monoisotopic (exact) mass is 280 g/mol. The molecule has 0 spiro atoms. The van der Waals surface area contributed by atoms with E-state index in [4.69, 9.17) is 11.6 Å². The SMILES string of the molecule is Cc1ccc(Cl)cc1NC(=O)N(C)C1CCCCC1. The van der Waals surface area contributed by atoms with Crippen LogP contribution in [0.25, 0.3) is 0 Å². The molecule has 104 valence electrons. The first-order chi connectivity index (χ1) is 9.08. The second kappa shape index (κ2) is 6.29. The highest BCUT2D eigenvalue weighted by atomic mass is 35.5. The summed E-state index contributed by atoms with van der Waals surface area (Å²) in [5, 5.41) is 3.59. The fraction of sp³-hybridized carbons (Fsp3) is 0.533. The van der Waals surface area contributed by atoms with E-state index in [1.54, 1.807) is 6.07 Å². The van der Waals surface area contributed by atoms with E-state index >= 15 is 0 Å². The number of nitrogens with one attached hydrogen (secondary N) is 1. The minimum atomic E-state index is -0.0442. The number of benzene rings is 1. The molecule has 0 radical (unpaired) electrons. The van der Waals surface area contributed by atoms with Gasteiger partial charge in [-0.2, -0.15) is 0 Å². The van der Waals surface area contributed by atoms with Crippen LogP contribution in [0.15, 0.2) is 18.2 Å². The standard InChI is InChI=1S/C15H21ClN2O/c1-11-8-9-12(16)10-14(11)17-15(19)18(2)13-6-4-3-5-7-13/h8-10,13H,3-7H2,1-2H3,(H,17,19). The van der Waals surface area contributed by atoms with E-state index in [1.807, 2.05) is 31.0 Å². The van der Waals surface area contributed by atoms with Crippen molar-refractivity contribution < 1.29 is 4.79 Å². The Balaban J connectivity index is 2.01. The zero-order valence-corrected chi connectivity index (χ0v) is 12.3. The predicted octanol–water partition coefficient (Wildman–Crippen LogP) is 4.44. The first kappa shape index (κ1) is 14.2. The van der Waals surface area contributed by atoms with Crippen molar-refractivity contribution >= 4 is 23.3 Å². The average Bonchev–Trinajstić information content (AvgIpc) is 2.43. The molecule has 19 heavy (non-hydrogen) atoms. The van der Waals surface area contributed by atoms with Crippen LogP contribution in [-0.4, -0.2) is 24.0 Å². The van der Waals surface area contributed by atoms with Crippen LogP contribution in [0, 0.1) is 6.92 Å². The van der Waals surface area contributed by atoms with Crippen LogP contribution in [0.5, 0.6) is 0 Å². The number of urea groups is 1. The third-order valence-corrected chi connectivity index (χ3v) is 4.12. The number of nitrogens with zero attached hydrogens (tertiary/aromatic N) is 1. The summed E-state index contributed by atoms with van der Waals surface area (Å²) in [6.45, 7) is 1.96. The Bertz CT molecular complexity index is 455. The molecule has 1 N–H and O–H groups in total. The maximum absolute atomic E-state index is 12.2. The Hall–Kier alpha value is -1.22. The van der Waals surface area contributed by atoms with Gasteiger partial charge < -0.3 is 10.2 Å². The molecule has 1 fully saturated rings. The summed E-state index contributed by atoms with van der Waals surface area (Å²) in [6.07, 6.45) is 5.95. The highest BCUT2D eigenvalue weighted by Gasteiger charge is 2.22. The summed E-state index contributed by atoms with van der Waals surface area (Å²) in [6, 6.07) is 5.87. The second-order valence-electron chi connectivity index (χ2n) is 5.29. The predicted molar refractivity (Wildman–Crippen MR) is 79.8 cm³/mol. The summed E-state index contributed by atoms with van der Waals surface area (Å²) in [4.78, 5) is 14.1. The molecule has 0 atom stereocenters. The van der Waals surface area contributed by atoms with Gasteiger partial charge in [0.25, 0.3) is 0 Å². The quantitative estimate of drug-likeness (QED) is 0.853. The van der Waals surface area contributed by atoms with Gasteiger partial charge in [-0.15, -0.1) is 0 Å². The van der Waals surface area contributed by atoms with E-state index in [-0.39, 0.29) is 6.03 Å². The van der Waals surface area contributed by atoms with Gasteiger partial charge in [0.1, 0.15) is 0 Å². The molecule has 3 nitrogen and oxygen atoms in total. The van der Waals surface area contributed by atoms with E-state index < -0.39 is 0 Å². The van der Waals surface area contributed by atoms with Crippen LogP contribution < -0.4 is 5.32 Å². The smallest absolute Gasteiger partial charge is 0.321 e. The number of anilines is 1. The Kier molecular flexibility index (Phi) is 4.70. The fourth-order valence-corrected chi connectivity index (χ4v) is 2.74. The first-order valence-electron chi connectivity index (χ1n) is 6.88. The zero-order chi connectivity index (χ0) is 13.8. The molecule has 1 aliphatic carbocycles. The molecule has 4 heteroatoms. The second-order valence-corrected chi connectivity index (χ2v) is 5.73. The third kappa shape index (κ3) is 3.63. The molecule has 2 rings (SSSR count). The van der Waals surface area contributed by atoms with Gasteiger partial charge >= 0.3 is 6.03 Å². The van der Waals surface area contributed by atoms with E-state index in [0.717, 1.165) is 24.1 Å². The minimum absolute atomic E-state index is 0.0442. The van der Waals surface area contributed by atoms with Crippen molar-refractivity contribution in [2.45, 2.75) is 45.1 Å². The molecule has 0 unspecified atom stereocenters. The highest BCUT2D eigenvalue weighted by molar-refractivity contribution is 6.31. The number of halogens is 1. The van der Waals surface area contributed by atoms with Gasteiger partial charge in [-0.1, -0.05) is 36.9 Å². The number of rotatable bonds is 2. The maximum Gasteiger partial charge on any atom is 0.321 e. The molecular formula is C15H21ClN2O. The summed E-state index contributed by atoms with van der Waals surface area (Å²) in [7, 11) is 1.88. The first-order valence-corrected chi connectivity index (χ1v) is 7.25. The van der Waals surface area contributed by atoms with E-state index in [2.05, 4.69) is 5.32 Å². The molecule has 1 saturated carbocycles. The molecule has 1 aliphatic rings. The van der Waals surface area contributed by atoms with Crippen molar-refractivity contribution in [1.29, 1.82) is 0 Å². The van der Waals surface area contributed by atoms with Gasteiger partial charge in [0.05, 0.1) is 0 Å². The van der Waals surface area contributed by atoms with Crippen molar-refractivity contribution in [3.05, 3.63) is 28.8 Å². The number of aryl methyl sites for hydroxylation is 1. The Labute approximate surface area is 119 Å². The van der Waals surface area contributed by atoms with Gasteiger partial charge in [0.15, 0.2) is 0 Å². The lowest BCUT2D eigenvalue weighted by molar-refractivity contribution is 0.186. The van der Waals surface area contributed by atoms with Crippen LogP contribution in [0.3, 0.4) is 0 Å². The number of amides is 2. The molecule has 0 aromatic heterocycles. The lowest BCUT2D eigenvalue weighted by atomic mass is 9.95. The minimum Gasteiger partial charge on any atom is -0.325 e. The summed E-state index contributed by atoms with van der Waals surface area (Å²) >= 11 is 5.96.